The van der Waals surface area contributed by atoms with Gasteiger partial charge in [0.05, 0.1) is 11.4 Å². The van der Waals surface area contributed by atoms with Crippen molar-refractivity contribution < 1.29 is 0 Å². The fraction of sp³-hybridized carbons (Fsp3) is 0.556. The first-order valence-corrected chi connectivity index (χ1v) is 4.12. The molecule has 11 heavy (non-hydrogen) atoms. The molecule has 2 heteroatoms. The first kappa shape index (κ1) is 8.18. The second-order valence-corrected chi connectivity index (χ2v) is 2.68. The van der Waals surface area contributed by atoms with Gasteiger partial charge in [0.25, 0.3) is 0 Å². The molecule has 60 valence electrons. The second-order valence-electron chi connectivity index (χ2n) is 2.68. The van der Waals surface area contributed by atoms with E-state index in [1.807, 2.05) is 0 Å². The molecule has 0 atom stereocenters. The molecule has 2 nitrogen and oxygen atoms in total. The molecule has 0 N–H and O–H groups in total. The normalized spacial score (nSPS) is 16.7. The van der Waals surface area contributed by atoms with Gasteiger partial charge in [-0.1, -0.05) is 26.8 Å². The Bertz CT molecular complexity index is 224. The third-order valence-electron chi connectivity index (χ3n) is 1.81. The summed E-state index contributed by atoms with van der Waals surface area (Å²) in [5, 5.41) is 8.10. The summed E-state index contributed by atoms with van der Waals surface area (Å²) in [4.78, 5) is 0. The molecule has 1 aliphatic heterocycles. The van der Waals surface area contributed by atoms with Crippen LogP contribution in [0.1, 0.15) is 33.1 Å². The molecule has 0 spiro atoms. The number of hydrogen-bond acceptors (Lipinski definition) is 2. The van der Waals surface area contributed by atoms with Gasteiger partial charge in [0.1, 0.15) is 0 Å². The van der Waals surface area contributed by atoms with Crippen molar-refractivity contribution in [2.45, 2.75) is 33.1 Å². The van der Waals surface area contributed by atoms with Gasteiger partial charge in [-0.25, -0.2) is 0 Å². The molecule has 0 radical (unpaired) electrons. The minimum atomic E-state index is 0.940. The van der Waals surface area contributed by atoms with Crippen LogP contribution in [0.5, 0.6) is 0 Å². The van der Waals surface area contributed by atoms with Crippen LogP contribution >= 0.6 is 0 Å². The largest absolute Gasteiger partial charge is 0.155 e. The first-order chi connectivity index (χ1) is 5.29. The van der Waals surface area contributed by atoms with Crippen LogP contribution in [0.4, 0.5) is 0 Å². The monoisotopic (exact) mass is 150 g/mol. The number of hydrogen-bond donors (Lipinski definition) is 0. The lowest BCUT2D eigenvalue weighted by Gasteiger charge is -1.99. The number of allylic oxidation sites excluding steroid dienone is 1. The highest BCUT2D eigenvalue weighted by atomic mass is 15.2. The van der Waals surface area contributed by atoms with E-state index < -0.39 is 0 Å². The van der Waals surface area contributed by atoms with Gasteiger partial charge < -0.3 is 0 Å². The summed E-state index contributed by atoms with van der Waals surface area (Å²) in [6, 6.07) is 0. The molecule has 0 aromatic heterocycles. The maximum atomic E-state index is 4.06. The Hall–Kier alpha value is -0.920. The number of nitrogens with zero attached hydrogens (tertiary/aromatic N) is 2. The Morgan fingerprint density at radius 3 is 2.27 bits per heavy atom. The van der Waals surface area contributed by atoms with E-state index in [1.165, 1.54) is 0 Å². The van der Waals surface area contributed by atoms with E-state index in [-0.39, 0.29) is 0 Å². The van der Waals surface area contributed by atoms with Gasteiger partial charge >= 0.3 is 0 Å². The molecular formula is C9H14N2. The fourth-order valence-electron chi connectivity index (χ4n) is 1.13. The zero-order valence-electron chi connectivity index (χ0n) is 7.22. The highest BCUT2D eigenvalue weighted by Gasteiger charge is 2.14. The minimum Gasteiger partial charge on any atom is -0.155 e. The zero-order valence-corrected chi connectivity index (χ0v) is 7.22. The van der Waals surface area contributed by atoms with Crippen LogP contribution in [0, 0.1) is 0 Å². The van der Waals surface area contributed by atoms with Crippen LogP contribution < -0.4 is 0 Å². The highest BCUT2D eigenvalue weighted by molar-refractivity contribution is 6.26. The minimum absolute atomic E-state index is 0.940. The maximum Gasteiger partial charge on any atom is 0.0715 e. The van der Waals surface area contributed by atoms with Gasteiger partial charge in [0.15, 0.2) is 0 Å². The topological polar surface area (TPSA) is 24.7 Å². The van der Waals surface area contributed by atoms with E-state index >= 15 is 0 Å². The molecule has 0 aliphatic carbocycles. The quantitative estimate of drug-likeness (QED) is 0.590. The Labute approximate surface area is 67.7 Å². The van der Waals surface area contributed by atoms with Crippen LogP contribution in [0.3, 0.4) is 0 Å². The van der Waals surface area contributed by atoms with Crippen molar-refractivity contribution in [1.29, 1.82) is 0 Å². The summed E-state index contributed by atoms with van der Waals surface area (Å²) in [5.74, 6) is 0. The molecule has 0 unspecified atom stereocenters. The van der Waals surface area contributed by atoms with Gasteiger partial charge in [0, 0.05) is 5.57 Å². The molecular weight excluding hydrogens is 136 g/mol. The Kier molecular flexibility index (Phi) is 2.58. The van der Waals surface area contributed by atoms with E-state index in [1.54, 1.807) is 0 Å². The predicted octanol–water partition coefficient (Wildman–Crippen LogP) is 2.56. The lowest BCUT2D eigenvalue weighted by molar-refractivity contribution is 0.989. The van der Waals surface area contributed by atoms with Crippen molar-refractivity contribution >= 4 is 11.4 Å². The average Bonchev–Trinajstić information content (AvgIpc) is 2.34. The molecule has 1 rings (SSSR count). The molecule has 1 aliphatic rings. The van der Waals surface area contributed by atoms with Gasteiger partial charge in [-0.3, -0.25) is 0 Å². The first-order valence-electron chi connectivity index (χ1n) is 4.12. The summed E-state index contributed by atoms with van der Waals surface area (Å²) < 4.78 is 0. The summed E-state index contributed by atoms with van der Waals surface area (Å²) in [7, 11) is 0. The van der Waals surface area contributed by atoms with Crippen molar-refractivity contribution in [2.24, 2.45) is 10.2 Å². The molecule has 0 amide bonds. The van der Waals surface area contributed by atoms with Crippen molar-refractivity contribution in [1.82, 2.24) is 0 Å². The molecule has 0 fully saturated rings. The standard InChI is InChI=1S/C9H14N2/c1-4-6-9-7(3)8(5-2)10-11-9/h3-6H2,1-2H3. The van der Waals surface area contributed by atoms with Crippen molar-refractivity contribution in [3.63, 3.8) is 0 Å². The maximum absolute atomic E-state index is 4.06. The van der Waals surface area contributed by atoms with Crippen LogP contribution in [0.15, 0.2) is 22.4 Å². The zero-order chi connectivity index (χ0) is 8.27. The van der Waals surface area contributed by atoms with E-state index in [0.29, 0.717) is 0 Å². The Morgan fingerprint density at radius 1 is 1.18 bits per heavy atom. The summed E-state index contributed by atoms with van der Waals surface area (Å²) in [5.41, 5.74) is 3.17. The smallest absolute Gasteiger partial charge is 0.0715 e. The lowest BCUT2D eigenvalue weighted by atomic mass is 10.0. The highest BCUT2D eigenvalue weighted by Crippen LogP contribution is 2.14. The van der Waals surface area contributed by atoms with Crippen molar-refractivity contribution in [3.05, 3.63) is 12.2 Å². The van der Waals surface area contributed by atoms with E-state index in [4.69, 9.17) is 0 Å². The van der Waals surface area contributed by atoms with Crippen LogP contribution in [-0.4, -0.2) is 11.4 Å². The second kappa shape index (κ2) is 3.46. The third-order valence-corrected chi connectivity index (χ3v) is 1.81. The summed E-state index contributed by atoms with van der Waals surface area (Å²) in [6.45, 7) is 8.16. The van der Waals surface area contributed by atoms with Gasteiger partial charge in [0.2, 0.25) is 0 Å². The summed E-state index contributed by atoms with van der Waals surface area (Å²) in [6.07, 6.45) is 3.06. The van der Waals surface area contributed by atoms with Crippen LogP contribution in [0.25, 0.3) is 0 Å². The van der Waals surface area contributed by atoms with Crippen LogP contribution in [0.2, 0.25) is 0 Å². The SMILES string of the molecule is C=C1C(CC)=NN=C1CCC. The van der Waals surface area contributed by atoms with Gasteiger partial charge in [-0.15, -0.1) is 0 Å². The number of rotatable bonds is 3. The Balaban J connectivity index is 2.60. The molecule has 0 saturated carbocycles. The molecule has 0 aromatic rings. The average molecular weight is 150 g/mol. The van der Waals surface area contributed by atoms with Crippen molar-refractivity contribution in [2.75, 3.05) is 0 Å². The van der Waals surface area contributed by atoms with E-state index in [2.05, 4.69) is 30.6 Å². The van der Waals surface area contributed by atoms with E-state index in [9.17, 15) is 0 Å². The van der Waals surface area contributed by atoms with Crippen molar-refractivity contribution in [3.8, 4) is 0 Å². The van der Waals surface area contributed by atoms with E-state index in [0.717, 1.165) is 36.3 Å². The molecule has 1 heterocycles. The summed E-state index contributed by atoms with van der Waals surface area (Å²) >= 11 is 0. The van der Waals surface area contributed by atoms with Gasteiger partial charge in [-0.05, 0) is 12.8 Å². The molecule has 0 bridgehead atoms. The predicted molar refractivity (Wildman–Crippen MR) is 49.2 cm³/mol. The fourth-order valence-corrected chi connectivity index (χ4v) is 1.13. The third kappa shape index (κ3) is 1.56. The van der Waals surface area contributed by atoms with Gasteiger partial charge in [-0.2, -0.15) is 10.2 Å². The Morgan fingerprint density at radius 2 is 1.82 bits per heavy atom. The van der Waals surface area contributed by atoms with Crippen LogP contribution in [-0.2, 0) is 0 Å². The lowest BCUT2D eigenvalue weighted by Crippen LogP contribution is -2.04. The molecule has 0 aromatic carbocycles. The molecule has 0 saturated heterocycles.